The first-order valence-electron chi connectivity index (χ1n) is 18.3. The van der Waals surface area contributed by atoms with Gasteiger partial charge in [-0.25, -0.2) is 4.98 Å². The van der Waals surface area contributed by atoms with Crippen LogP contribution in [0.3, 0.4) is 0 Å². The van der Waals surface area contributed by atoms with Gasteiger partial charge in [0.2, 0.25) is 5.89 Å². The van der Waals surface area contributed by atoms with Crippen LogP contribution >= 0.6 is 22.7 Å². The molecule has 6 heteroatoms. The summed E-state index contributed by atoms with van der Waals surface area (Å²) >= 11 is 3.70. The quantitative estimate of drug-likeness (QED) is 0.176. The second-order valence-electron chi connectivity index (χ2n) is 13.9. The molecule has 0 N–H and O–H groups in total. The highest BCUT2D eigenvalue weighted by atomic mass is 32.1. The van der Waals surface area contributed by atoms with E-state index in [1.807, 2.05) is 65.1 Å². The molecule has 0 aliphatic rings. The summed E-state index contributed by atoms with van der Waals surface area (Å²) in [7, 11) is 0. The summed E-state index contributed by atoms with van der Waals surface area (Å²) in [5.74, 6) is 0.603. The Morgan fingerprint density at radius 3 is 1.64 bits per heavy atom. The summed E-state index contributed by atoms with van der Waals surface area (Å²) < 4.78 is 17.7. The lowest BCUT2D eigenvalue weighted by Gasteiger charge is -2.26. The number of anilines is 3. The zero-order valence-corrected chi connectivity index (χ0v) is 30.8. The fraction of sp³-hybridized carbons (Fsp3) is 0. The number of nitrogens with zero attached hydrogens (tertiary/aromatic N) is 2. The van der Waals surface area contributed by atoms with Crippen molar-refractivity contribution in [3.8, 4) is 22.6 Å². The second kappa shape index (κ2) is 11.9. The molecule has 0 spiro atoms. The smallest absolute Gasteiger partial charge is 0.227 e. The van der Waals surface area contributed by atoms with Crippen LogP contribution in [0.15, 0.2) is 179 Å². The predicted octanol–water partition coefficient (Wildman–Crippen LogP) is 15.3. The number of fused-ring (bicyclic) bond motifs is 11. The molecule has 0 saturated heterocycles. The second-order valence-corrected chi connectivity index (χ2v) is 16.1. The maximum atomic E-state index is 6.33. The molecule has 8 aromatic carbocycles. The van der Waals surface area contributed by atoms with Crippen molar-refractivity contribution in [1.82, 2.24) is 4.98 Å². The molecule has 0 atom stereocenters. The Balaban J connectivity index is 0.979. The van der Waals surface area contributed by atoms with Gasteiger partial charge in [-0.2, -0.15) is 0 Å². The molecule has 0 radical (unpaired) electrons. The van der Waals surface area contributed by atoms with Crippen LogP contribution in [0, 0.1) is 0 Å². The molecule has 55 heavy (non-hydrogen) atoms. The first-order valence-corrected chi connectivity index (χ1v) is 19.9. The number of rotatable bonds is 5. The molecule has 12 rings (SSSR count). The maximum Gasteiger partial charge on any atom is 0.227 e. The largest absolute Gasteiger partial charge is 0.456 e. The van der Waals surface area contributed by atoms with Crippen LogP contribution in [0.25, 0.3) is 96.0 Å². The highest BCUT2D eigenvalue weighted by Gasteiger charge is 2.19. The topological polar surface area (TPSA) is 42.4 Å². The number of oxazole rings is 1. The van der Waals surface area contributed by atoms with Crippen molar-refractivity contribution in [3.63, 3.8) is 0 Å². The highest BCUT2D eigenvalue weighted by molar-refractivity contribution is 7.26. The van der Waals surface area contributed by atoms with Crippen molar-refractivity contribution in [2.24, 2.45) is 0 Å². The van der Waals surface area contributed by atoms with Crippen molar-refractivity contribution in [1.29, 1.82) is 0 Å². The van der Waals surface area contributed by atoms with Gasteiger partial charge in [-0.15, -0.1) is 22.7 Å². The van der Waals surface area contributed by atoms with E-state index in [1.54, 1.807) is 0 Å². The SMILES string of the molecule is c1ccc(-c2nc3c(ccc4oc5ccc(-c6ccc(N(c7ccc8c(c7)sc7ccccc78)c7ccc8c(c7)sc7ccccc78)cc6)cc5c43)o2)cc1. The first kappa shape index (κ1) is 30.7. The van der Waals surface area contributed by atoms with Gasteiger partial charge in [0.05, 0.1) is 5.39 Å². The normalized spacial score (nSPS) is 12.0. The van der Waals surface area contributed by atoms with Crippen LogP contribution in [0.5, 0.6) is 0 Å². The van der Waals surface area contributed by atoms with Crippen LogP contribution in [-0.4, -0.2) is 4.98 Å². The van der Waals surface area contributed by atoms with E-state index in [9.17, 15) is 0 Å². The summed E-state index contributed by atoms with van der Waals surface area (Å²) in [6.07, 6.45) is 0. The number of benzene rings is 8. The summed E-state index contributed by atoms with van der Waals surface area (Å²) in [6, 6.07) is 60.4. The summed E-state index contributed by atoms with van der Waals surface area (Å²) in [5, 5.41) is 7.18. The van der Waals surface area contributed by atoms with Crippen molar-refractivity contribution in [2.75, 3.05) is 4.90 Å². The number of furan rings is 1. The van der Waals surface area contributed by atoms with Gasteiger partial charge in [0.25, 0.3) is 0 Å². The fourth-order valence-corrected chi connectivity index (χ4v) is 10.4. The van der Waals surface area contributed by atoms with Crippen LogP contribution in [0.2, 0.25) is 0 Å². The molecule has 12 aromatic rings. The predicted molar refractivity (Wildman–Crippen MR) is 233 cm³/mol. The van der Waals surface area contributed by atoms with Crippen LogP contribution in [0.1, 0.15) is 0 Å². The molecular formula is C49H28N2O2S2. The van der Waals surface area contributed by atoms with E-state index < -0.39 is 0 Å². The molecular weight excluding hydrogens is 713 g/mol. The zero-order chi connectivity index (χ0) is 36.0. The van der Waals surface area contributed by atoms with E-state index in [0.717, 1.165) is 66.8 Å². The third-order valence-corrected chi connectivity index (χ3v) is 13.0. The fourth-order valence-electron chi connectivity index (χ4n) is 8.09. The minimum Gasteiger partial charge on any atom is -0.456 e. The van der Waals surface area contributed by atoms with Gasteiger partial charge in [-0.1, -0.05) is 84.9 Å². The van der Waals surface area contributed by atoms with E-state index >= 15 is 0 Å². The van der Waals surface area contributed by atoms with Gasteiger partial charge in [0.1, 0.15) is 16.7 Å². The molecule has 4 nitrogen and oxygen atoms in total. The Kier molecular flexibility index (Phi) is 6.64. The summed E-state index contributed by atoms with van der Waals surface area (Å²) in [4.78, 5) is 7.34. The average molecular weight is 741 g/mol. The Labute approximate surface area is 322 Å². The van der Waals surface area contributed by atoms with E-state index in [0.29, 0.717) is 5.89 Å². The molecule has 0 aliphatic heterocycles. The number of hydrogen-bond donors (Lipinski definition) is 0. The van der Waals surface area contributed by atoms with Crippen LogP contribution < -0.4 is 4.90 Å². The number of aromatic nitrogens is 1. The molecule has 0 saturated carbocycles. The summed E-state index contributed by atoms with van der Waals surface area (Å²) in [5.41, 5.74) is 9.70. The molecule has 0 fully saturated rings. The molecule has 0 amide bonds. The lowest BCUT2D eigenvalue weighted by molar-refractivity contribution is 0.619. The van der Waals surface area contributed by atoms with Gasteiger partial charge in [0.15, 0.2) is 5.58 Å². The summed E-state index contributed by atoms with van der Waals surface area (Å²) in [6.45, 7) is 0. The van der Waals surface area contributed by atoms with Gasteiger partial charge in [-0.05, 0) is 96.1 Å². The molecule has 258 valence electrons. The Morgan fingerprint density at radius 2 is 0.945 bits per heavy atom. The van der Waals surface area contributed by atoms with E-state index in [-0.39, 0.29) is 0 Å². The Hall–Kier alpha value is -6.73. The molecule has 0 aliphatic carbocycles. The molecule has 0 bridgehead atoms. The molecule has 0 unspecified atom stereocenters. The van der Waals surface area contributed by atoms with Crippen LogP contribution in [-0.2, 0) is 0 Å². The van der Waals surface area contributed by atoms with E-state index in [4.69, 9.17) is 13.8 Å². The third-order valence-electron chi connectivity index (χ3n) is 10.7. The van der Waals surface area contributed by atoms with Crippen molar-refractivity contribution >= 4 is 113 Å². The lowest BCUT2D eigenvalue weighted by atomic mass is 10.0. The van der Waals surface area contributed by atoms with Crippen molar-refractivity contribution in [2.45, 2.75) is 0 Å². The lowest BCUT2D eigenvalue weighted by Crippen LogP contribution is -2.09. The maximum absolute atomic E-state index is 6.33. The highest BCUT2D eigenvalue weighted by Crippen LogP contribution is 2.44. The minimum absolute atomic E-state index is 0.603. The van der Waals surface area contributed by atoms with Crippen LogP contribution in [0.4, 0.5) is 17.1 Å². The number of hydrogen-bond acceptors (Lipinski definition) is 6. The standard InChI is InChI=1S/C49H28N2O2S2/c1-2-8-30(9-3-1)49-50-48-42(53-49)25-24-41-47(48)39-26-31(16-23-40(39)52-41)29-14-17-32(18-15-29)51(33-19-21-37-35-10-4-6-12-43(35)54-45(37)27-33)34-20-22-38-36-11-5-7-13-44(36)55-46(38)28-34/h1-28H. The zero-order valence-electron chi connectivity index (χ0n) is 29.2. The molecule has 4 aromatic heterocycles. The van der Waals surface area contributed by atoms with Gasteiger partial charge in [0, 0.05) is 68.4 Å². The van der Waals surface area contributed by atoms with Gasteiger partial charge < -0.3 is 13.7 Å². The van der Waals surface area contributed by atoms with E-state index in [2.05, 4.69) is 132 Å². The Morgan fingerprint density at radius 1 is 0.382 bits per heavy atom. The number of thiophene rings is 2. The monoisotopic (exact) mass is 740 g/mol. The molecule has 4 heterocycles. The van der Waals surface area contributed by atoms with Gasteiger partial charge >= 0.3 is 0 Å². The Bertz CT molecular complexity index is 3330. The van der Waals surface area contributed by atoms with Crippen molar-refractivity contribution < 1.29 is 8.83 Å². The first-order chi connectivity index (χ1) is 27.2. The van der Waals surface area contributed by atoms with E-state index in [1.165, 1.54) is 40.3 Å². The van der Waals surface area contributed by atoms with Gasteiger partial charge in [-0.3, -0.25) is 0 Å². The third kappa shape index (κ3) is 4.85. The van der Waals surface area contributed by atoms with Crippen molar-refractivity contribution in [3.05, 3.63) is 170 Å². The minimum atomic E-state index is 0.603. The average Bonchev–Trinajstić information content (AvgIpc) is 4.02.